The molecule has 0 radical (unpaired) electrons. The highest BCUT2D eigenvalue weighted by Crippen LogP contribution is 2.55. The molecule has 0 atom stereocenters. The Morgan fingerprint density at radius 3 is 1.49 bits per heavy atom. The molecule has 254 valence electrons. The molecule has 49 heavy (non-hydrogen) atoms. The van der Waals surface area contributed by atoms with Crippen molar-refractivity contribution in [2.75, 3.05) is 6.16 Å². The Morgan fingerprint density at radius 1 is 0.612 bits per heavy atom. The fourth-order valence-electron chi connectivity index (χ4n) is 7.38. The van der Waals surface area contributed by atoms with Crippen molar-refractivity contribution in [3.63, 3.8) is 0 Å². The number of rotatable bonds is 11. The predicted octanol–water partition coefficient (Wildman–Crippen LogP) is 8.71. The van der Waals surface area contributed by atoms with Gasteiger partial charge in [0.05, 0.1) is 6.16 Å². The first-order valence-corrected chi connectivity index (χ1v) is 19.8. The number of benzene rings is 5. The monoisotopic (exact) mass is 728 g/mol. The topological polar surface area (TPSA) is 0 Å². The second kappa shape index (κ2) is 19.0. The van der Waals surface area contributed by atoms with E-state index in [1.54, 1.807) is 11.1 Å². The van der Waals surface area contributed by atoms with Gasteiger partial charge in [-0.25, -0.2) is 0 Å². The standard InChI is InChI=1S/C26H24P.C21H30.BrH/c1-5-13-23(14-6-1)21-22-27(24-15-7-2-8-16-24,25-17-9-3-10-18-25)26-19-11-4-12-20-26;1-17(12-14-19-10-6-5-7-11-19)13-15-20-18(2)9-8-16-21(20,3)4;/h1-20H,21-22H2;5-7,10-12H,8-9,13-16H2,1-4H3;1H/q+1;;/p-1. The molecule has 0 unspecified atom stereocenters. The zero-order valence-electron chi connectivity index (χ0n) is 30.0. The highest BCUT2D eigenvalue weighted by molar-refractivity contribution is 7.95. The maximum atomic E-state index is 2.42. The summed E-state index contributed by atoms with van der Waals surface area (Å²) in [6.45, 7) is 9.48. The lowest BCUT2D eigenvalue weighted by molar-refractivity contribution is -0.0000101. The van der Waals surface area contributed by atoms with Crippen molar-refractivity contribution in [1.82, 2.24) is 0 Å². The van der Waals surface area contributed by atoms with Crippen molar-refractivity contribution in [3.8, 4) is 0 Å². The molecule has 0 spiro atoms. The summed E-state index contributed by atoms with van der Waals surface area (Å²) in [5.74, 6) is 0. The minimum absolute atomic E-state index is 0. The average Bonchev–Trinajstić information content (AvgIpc) is 3.13. The third-order valence-corrected chi connectivity index (χ3v) is 14.6. The van der Waals surface area contributed by atoms with Crippen LogP contribution in [0, 0.1) is 5.41 Å². The van der Waals surface area contributed by atoms with Crippen molar-refractivity contribution in [2.45, 2.75) is 72.6 Å². The minimum Gasteiger partial charge on any atom is -1.00 e. The van der Waals surface area contributed by atoms with Crippen molar-refractivity contribution >= 4 is 23.2 Å². The fraction of sp³-hybridized carbons (Fsp3) is 0.277. The summed E-state index contributed by atoms with van der Waals surface area (Å²) in [4.78, 5) is 0. The first-order chi connectivity index (χ1) is 23.4. The second-order valence-electron chi connectivity index (χ2n) is 14.0. The van der Waals surface area contributed by atoms with E-state index in [9.17, 15) is 0 Å². The summed E-state index contributed by atoms with van der Waals surface area (Å²) in [7, 11) is -1.72. The van der Waals surface area contributed by atoms with Crippen LogP contribution in [0.5, 0.6) is 0 Å². The van der Waals surface area contributed by atoms with Crippen molar-refractivity contribution in [1.29, 1.82) is 0 Å². The van der Waals surface area contributed by atoms with Gasteiger partial charge in [-0.3, -0.25) is 0 Å². The van der Waals surface area contributed by atoms with Crippen LogP contribution in [-0.4, -0.2) is 6.16 Å². The van der Waals surface area contributed by atoms with Crippen LogP contribution in [0.15, 0.2) is 174 Å². The van der Waals surface area contributed by atoms with Gasteiger partial charge in [0.15, 0.2) is 0 Å². The summed E-state index contributed by atoms with van der Waals surface area (Å²) >= 11 is 0. The lowest BCUT2D eigenvalue weighted by Crippen LogP contribution is -3.00. The summed E-state index contributed by atoms with van der Waals surface area (Å²) < 4.78 is 0. The van der Waals surface area contributed by atoms with Crippen LogP contribution < -0.4 is 32.9 Å². The average molecular weight is 730 g/mol. The quantitative estimate of drug-likeness (QED) is 0.0944. The maximum absolute atomic E-state index is 2.42. The van der Waals surface area contributed by atoms with Gasteiger partial charge in [-0.15, -0.1) is 0 Å². The molecular formula is C47H54BrP. The van der Waals surface area contributed by atoms with Gasteiger partial charge in [0, 0.05) is 6.42 Å². The first-order valence-electron chi connectivity index (χ1n) is 17.9. The largest absolute Gasteiger partial charge is 1.00 e. The molecule has 0 aromatic heterocycles. The molecule has 1 aliphatic rings. The number of allylic oxidation sites excluding steroid dienone is 4. The summed E-state index contributed by atoms with van der Waals surface area (Å²) in [6.07, 6.45) is 12.2. The van der Waals surface area contributed by atoms with Crippen LogP contribution in [0.3, 0.4) is 0 Å². The molecule has 0 saturated carbocycles. The van der Waals surface area contributed by atoms with Crippen molar-refractivity contribution < 1.29 is 17.0 Å². The Balaban J connectivity index is 0.000000224. The minimum atomic E-state index is -1.72. The molecule has 5 aromatic rings. The summed E-state index contributed by atoms with van der Waals surface area (Å²) in [5, 5.41) is 4.37. The molecule has 5 aromatic carbocycles. The maximum Gasteiger partial charge on any atom is 0.112 e. The van der Waals surface area contributed by atoms with Crippen molar-refractivity contribution in [3.05, 3.63) is 186 Å². The van der Waals surface area contributed by atoms with Crippen molar-refractivity contribution in [2.24, 2.45) is 5.41 Å². The number of hydrogen-bond donors (Lipinski definition) is 0. The number of hydrogen-bond acceptors (Lipinski definition) is 0. The zero-order valence-corrected chi connectivity index (χ0v) is 32.5. The second-order valence-corrected chi connectivity index (χ2v) is 17.6. The molecule has 0 fully saturated rings. The normalized spacial score (nSPS) is 14.3. The summed E-state index contributed by atoms with van der Waals surface area (Å²) in [5.41, 5.74) is 8.14. The van der Waals surface area contributed by atoms with E-state index in [1.165, 1.54) is 64.7 Å². The smallest absolute Gasteiger partial charge is 0.112 e. The zero-order chi connectivity index (χ0) is 33.7. The molecule has 2 heteroatoms. The van der Waals surface area contributed by atoms with Gasteiger partial charge in [-0.1, -0.05) is 152 Å². The Morgan fingerprint density at radius 2 is 1.04 bits per heavy atom. The van der Waals surface area contributed by atoms with E-state index in [4.69, 9.17) is 0 Å². The van der Waals surface area contributed by atoms with E-state index in [-0.39, 0.29) is 17.0 Å². The van der Waals surface area contributed by atoms with Crippen LogP contribution in [0.4, 0.5) is 0 Å². The van der Waals surface area contributed by atoms with Crippen LogP contribution in [0.1, 0.15) is 70.9 Å². The third-order valence-electron chi connectivity index (χ3n) is 10.2. The molecule has 1 aliphatic carbocycles. The Hall–Kier alpha value is -3.51. The van der Waals surface area contributed by atoms with Gasteiger partial charge >= 0.3 is 0 Å². The van der Waals surface area contributed by atoms with E-state index in [0.717, 1.165) is 19.0 Å². The van der Waals surface area contributed by atoms with Gasteiger partial charge in [0.25, 0.3) is 0 Å². The first kappa shape index (κ1) is 38.3. The highest BCUT2D eigenvalue weighted by Gasteiger charge is 2.44. The SMILES string of the molecule is CC(=CCc1ccccc1)CCC1=C(C)CCCC1(C)C.[Br-].c1ccc(CC[P+](c2ccccc2)(c2ccccc2)c2ccccc2)cc1. The Bertz CT molecular complexity index is 1630. The van der Waals surface area contributed by atoms with E-state index >= 15 is 0 Å². The van der Waals surface area contributed by atoms with Crippen LogP contribution in [-0.2, 0) is 12.8 Å². The Labute approximate surface area is 308 Å². The van der Waals surface area contributed by atoms with Gasteiger partial charge in [0.1, 0.15) is 23.2 Å². The highest BCUT2D eigenvalue weighted by atomic mass is 79.9. The molecular weight excluding hydrogens is 675 g/mol. The van der Waals surface area contributed by atoms with Gasteiger partial charge in [-0.2, -0.15) is 0 Å². The predicted molar refractivity (Wildman–Crippen MR) is 214 cm³/mol. The lowest BCUT2D eigenvalue weighted by atomic mass is 9.71. The molecule has 0 amide bonds. The van der Waals surface area contributed by atoms with Gasteiger partial charge in [0.2, 0.25) is 0 Å². The molecule has 0 aliphatic heterocycles. The third kappa shape index (κ3) is 10.5. The number of aryl methyl sites for hydroxylation is 1. The lowest BCUT2D eigenvalue weighted by Gasteiger charge is -2.35. The summed E-state index contributed by atoms with van der Waals surface area (Å²) in [6, 6.07) is 54.9. The van der Waals surface area contributed by atoms with E-state index in [1.807, 2.05) is 0 Å². The van der Waals surface area contributed by atoms with Crippen LogP contribution in [0.25, 0.3) is 0 Å². The van der Waals surface area contributed by atoms with Crippen LogP contribution in [0.2, 0.25) is 0 Å². The fourth-order valence-corrected chi connectivity index (χ4v) is 11.7. The Kier molecular flexibility index (Phi) is 14.9. The molecule has 0 N–H and O–H groups in total. The van der Waals surface area contributed by atoms with Crippen LogP contribution >= 0.6 is 7.26 Å². The molecule has 0 bridgehead atoms. The molecule has 0 heterocycles. The number of halogens is 1. The van der Waals surface area contributed by atoms with Gasteiger partial charge < -0.3 is 17.0 Å². The van der Waals surface area contributed by atoms with E-state index in [0.29, 0.717) is 5.41 Å². The van der Waals surface area contributed by atoms with Gasteiger partial charge in [-0.05, 0) is 105 Å². The molecule has 0 saturated heterocycles. The molecule has 0 nitrogen and oxygen atoms in total. The van der Waals surface area contributed by atoms with E-state index in [2.05, 4.69) is 185 Å². The van der Waals surface area contributed by atoms with E-state index < -0.39 is 7.26 Å². The molecule has 6 rings (SSSR count).